The second-order valence-electron chi connectivity index (χ2n) is 7.61. The number of amides is 1. The van der Waals surface area contributed by atoms with E-state index in [0.717, 1.165) is 31.2 Å². The molecule has 10 heteroatoms. The Hall–Kier alpha value is -2.01. The highest BCUT2D eigenvalue weighted by molar-refractivity contribution is 7.89. The van der Waals surface area contributed by atoms with E-state index in [1.165, 1.54) is 50.3 Å². The molecule has 0 bridgehead atoms. The highest BCUT2D eigenvalue weighted by Crippen LogP contribution is 2.21. The van der Waals surface area contributed by atoms with Crippen LogP contribution in [0.15, 0.2) is 34.5 Å². The second-order valence-corrected chi connectivity index (χ2v) is 10.2. The van der Waals surface area contributed by atoms with Crippen molar-refractivity contribution in [3.63, 3.8) is 0 Å². The Bertz CT molecular complexity index is 951. The Balaban J connectivity index is 1.54. The van der Waals surface area contributed by atoms with Crippen LogP contribution in [-0.2, 0) is 21.4 Å². The number of hydrogen-bond donors (Lipinski definition) is 2. The summed E-state index contributed by atoms with van der Waals surface area (Å²) in [4.78, 5) is 19.4. The third-order valence-corrected chi connectivity index (χ3v) is 7.50. The summed E-state index contributed by atoms with van der Waals surface area (Å²) in [7, 11) is -2.33. The van der Waals surface area contributed by atoms with Gasteiger partial charge in [-0.05, 0) is 63.0 Å². The maximum atomic E-state index is 12.5. The SMILES string of the molecule is COc1ccc(S(=O)(=O)N[C@@H](C)C(=O)Nc2nc(CN3CCC(C)CC3)cs2)cc1. The first-order valence-corrected chi connectivity index (χ1v) is 12.3. The lowest BCUT2D eigenvalue weighted by Crippen LogP contribution is -2.41. The van der Waals surface area contributed by atoms with Gasteiger partial charge in [0.15, 0.2) is 5.13 Å². The van der Waals surface area contributed by atoms with E-state index >= 15 is 0 Å². The van der Waals surface area contributed by atoms with Gasteiger partial charge in [-0.2, -0.15) is 4.72 Å². The van der Waals surface area contributed by atoms with E-state index in [1.807, 2.05) is 5.38 Å². The number of nitrogens with zero attached hydrogens (tertiary/aromatic N) is 2. The van der Waals surface area contributed by atoms with Gasteiger partial charge in [-0.3, -0.25) is 9.69 Å². The van der Waals surface area contributed by atoms with E-state index in [2.05, 4.69) is 26.8 Å². The van der Waals surface area contributed by atoms with Crippen molar-refractivity contribution >= 4 is 32.4 Å². The number of ether oxygens (including phenoxy) is 1. The van der Waals surface area contributed by atoms with Crippen LogP contribution in [0.2, 0.25) is 0 Å². The molecule has 164 valence electrons. The number of carbonyl (C=O) groups is 1. The quantitative estimate of drug-likeness (QED) is 0.639. The summed E-state index contributed by atoms with van der Waals surface area (Å²) in [6.45, 7) is 6.66. The summed E-state index contributed by atoms with van der Waals surface area (Å²) in [6, 6.07) is 5.02. The average Bonchev–Trinajstić information content (AvgIpc) is 3.16. The zero-order valence-corrected chi connectivity index (χ0v) is 19.1. The molecule has 8 nitrogen and oxygen atoms in total. The van der Waals surface area contributed by atoms with Crippen LogP contribution < -0.4 is 14.8 Å². The lowest BCUT2D eigenvalue weighted by atomic mass is 9.99. The smallest absolute Gasteiger partial charge is 0.244 e. The van der Waals surface area contributed by atoms with E-state index in [9.17, 15) is 13.2 Å². The van der Waals surface area contributed by atoms with Crippen molar-refractivity contribution in [3.05, 3.63) is 35.3 Å². The second kappa shape index (κ2) is 9.86. The van der Waals surface area contributed by atoms with Crippen LogP contribution in [0.4, 0.5) is 5.13 Å². The molecule has 0 unspecified atom stereocenters. The van der Waals surface area contributed by atoms with Gasteiger partial charge in [0.05, 0.1) is 23.7 Å². The predicted octanol–water partition coefficient (Wildman–Crippen LogP) is 2.69. The number of carbonyl (C=O) groups excluding carboxylic acids is 1. The minimum Gasteiger partial charge on any atom is -0.497 e. The average molecular weight is 453 g/mol. The van der Waals surface area contributed by atoms with E-state index in [1.54, 1.807) is 12.1 Å². The van der Waals surface area contributed by atoms with Crippen molar-refractivity contribution in [2.45, 2.75) is 44.2 Å². The number of piperidine rings is 1. The Morgan fingerprint density at radius 1 is 1.30 bits per heavy atom. The molecular weight excluding hydrogens is 424 g/mol. The van der Waals surface area contributed by atoms with Crippen molar-refractivity contribution in [1.82, 2.24) is 14.6 Å². The molecule has 1 aliphatic rings. The molecule has 30 heavy (non-hydrogen) atoms. The number of nitrogens with one attached hydrogen (secondary N) is 2. The summed E-state index contributed by atoms with van der Waals surface area (Å²) in [6.07, 6.45) is 2.39. The maximum absolute atomic E-state index is 12.5. The maximum Gasteiger partial charge on any atom is 0.244 e. The molecule has 3 rings (SSSR count). The minimum absolute atomic E-state index is 0.0651. The van der Waals surface area contributed by atoms with Gasteiger partial charge in [-0.1, -0.05) is 6.92 Å². The van der Waals surface area contributed by atoms with Crippen LogP contribution >= 0.6 is 11.3 Å². The van der Waals surface area contributed by atoms with E-state index < -0.39 is 22.0 Å². The summed E-state index contributed by atoms with van der Waals surface area (Å²) < 4.78 is 32.4. The van der Waals surface area contributed by atoms with Crippen LogP contribution in [0, 0.1) is 5.92 Å². The van der Waals surface area contributed by atoms with Gasteiger partial charge in [-0.25, -0.2) is 13.4 Å². The lowest BCUT2D eigenvalue weighted by Gasteiger charge is -2.29. The number of anilines is 1. The van der Waals surface area contributed by atoms with Gasteiger partial charge in [0.2, 0.25) is 15.9 Å². The van der Waals surface area contributed by atoms with Crippen molar-refractivity contribution in [2.24, 2.45) is 5.92 Å². The van der Waals surface area contributed by atoms with Crippen molar-refractivity contribution in [3.8, 4) is 5.75 Å². The highest BCUT2D eigenvalue weighted by atomic mass is 32.2. The predicted molar refractivity (Wildman–Crippen MR) is 117 cm³/mol. The normalized spacial score (nSPS) is 16.9. The molecule has 1 atom stereocenters. The van der Waals surface area contributed by atoms with Gasteiger partial charge in [0.1, 0.15) is 5.75 Å². The molecule has 1 amide bonds. The standard InChI is InChI=1S/C20H28N4O4S2/c1-14-8-10-24(11-9-14)12-16-13-29-20(21-16)22-19(25)15(2)23-30(26,27)18-6-4-17(28-3)5-7-18/h4-7,13-15,23H,8-12H2,1-3H3,(H,21,22,25)/t15-/m0/s1. The largest absolute Gasteiger partial charge is 0.497 e. The Morgan fingerprint density at radius 2 is 1.97 bits per heavy atom. The molecule has 0 saturated carbocycles. The van der Waals surface area contributed by atoms with Crippen molar-refractivity contribution < 1.29 is 17.9 Å². The topological polar surface area (TPSA) is 101 Å². The summed E-state index contributed by atoms with van der Waals surface area (Å²) in [5, 5.41) is 5.10. The number of hydrogen-bond acceptors (Lipinski definition) is 7. The molecule has 0 aliphatic carbocycles. The van der Waals surface area contributed by atoms with E-state index in [0.29, 0.717) is 10.9 Å². The fourth-order valence-electron chi connectivity index (χ4n) is 3.21. The van der Waals surface area contributed by atoms with E-state index in [4.69, 9.17) is 4.74 Å². The number of benzene rings is 1. The van der Waals surface area contributed by atoms with Crippen LogP contribution in [0.3, 0.4) is 0 Å². The molecule has 1 saturated heterocycles. The molecule has 2 N–H and O–H groups in total. The first kappa shape index (κ1) is 22.7. The molecule has 0 spiro atoms. The number of methoxy groups -OCH3 is 1. The Kier molecular flexibility index (Phi) is 7.45. The molecule has 1 aromatic heterocycles. The Morgan fingerprint density at radius 3 is 2.60 bits per heavy atom. The van der Waals surface area contributed by atoms with Gasteiger partial charge in [-0.15, -0.1) is 11.3 Å². The first-order valence-electron chi connectivity index (χ1n) is 9.91. The molecule has 2 aromatic rings. The number of likely N-dealkylation sites (tertiary alicyclic amines) is 1. The number of rotatable bonds is 8. The third kappa shape index (κ3) is 6.00. The first-order chi connectivity index (χ1) is 14.3. The molecule has 1 fully saturated rings. The van der Waals surface area contributed by atoms with Gasteiger partial charge >= 0.3 is 0 Å². The number of aromatic nitrogens is 1. The zero-order chi connectivity index (χ0) is 21.7. The van der Waals surface area contributed by atoms with E-state index in [-0.39, 0.29) is 4.90 Å². The highest BCUT2D eigenvalue weighted by Gasteiger charge is 2.23. The number of sulfonamides is 1. The molecular formula is C20H28N4O4S2. The minimum atomic E-state index is -3.83. The molecule has 0 radical (unpaired) electrons. The van der Waals surface area contributed by atoms with Gasteiger partial charge < -0.3 is 10.1 Å². The van der Waals surface area contributed by atoms with Crippen molar-refractivity contribution in [1.29, 1.82) is 0 Å². The van der Waals surface area contributed by atoms with Crippen LogP contribution in [-0.4, -0.2) is 50.5 Å². The van der Waals surface area contributed by atoms with Crippen LogP contribution in [0.1, 0.15) is 32.4 Å². The Labute approximate surface area is 181 Å². The fraction of sp³-hybridized carbons (Fsp3) is 0.500. The fourth-order valence-corrected chi connectivity index (χ4v) is 5.12. The molecule has 1 aromatic carbocycles. The summed E-state index contributed by atoms with van der Waals surface area (Å²) >= 11 is 1.34. The zero-order valence-electron chi connectivity index (χ0n) is 17.4. The van der Waals surface area contributed by atoms with Crippen LogP contribution in [0.25, 0.3) is 0 Å². The summed E-state index contributed by atoms with van der Waals surface area (Å²) in [5.41, 5.74) is 0.913. The molecule has 1 aliphatic heterocycles. The van der Waals surface area contributed by atoms with Crippen molar-refractivity contribution in [2.75, 3.05) is 25.5 Å². The summed E-state index contributed by atoms with van der Waals surface area (Å²) in [5.74, 6) is 0.868. The lowest BCUT2D eigenvalue weighted by molar-refractivity contribution is -0.117. The third-order valence-electron chi connectivity index (χ3n) is 5.14. The van der Waals surface area contributed by atoms with Crippen LogP contribution in [0.5, 0.6) is 5.75 Å². The monoisotopic (exact) mass is 452 g/mol. The van der Waals surface area contributed by atoms with Gasteiger partial charge in [0, 0.05) is 11.9 Å². The number of thiazole rings is 1. The van der Waals surface area contributed by atoms with Gasteiger partial charge in [0.25, 0.3) is 0 Å². The molecule has 2 heterocycles.